The zero-order valence-corrected chi connectivity index (χ0v) is 10.4. The quantitative estimate of drug-likeness (QED) is 0.652. The number of esters is 1. The number of carbonyl (C=O) groups excluding carboxylic acids is 2. The van der Waals surface area contributed by atoms with Crippen LogP contribution in [0.25, 0.3) is 0 Å². The summed E-state index contributed by atoms with van der Waals surface area (Å²) in [5, 5.41) is 6.75. The van der Waals surface area contributed by atoms with Crippen molar-refractivity contribution in [1.82, 2.24) is 9.78 Å². The Balaban J connectivity index is 2.03. The summed E-state index contributed by atoms with van der Waals surface area (Å²) in [4.78, 5) is 22.8. The molecule has 1 heterocycles. The molecule has 1 fully saturated rings. The van der Waals surface area contributed by atoms with E-state index in [1.807, 2.05) is 0 Å². The molecule has 1 saturated carbocycles. The van der Waals surface area contributed by atoms with Gasteiger partial charge < -0.3 is 10.1 Å². The van der Waals surface area contributed by atoms with Crippen molar-refractivity contribution in [3.05, 3.63) is 12.3 Å². The number of hydrogen-bond acceptors (Lipinski definition) is 4. The van der Waals surface area contributed by atoms with Crippen LogP contribution in [0.2, 0.25) is 0 Å². The molecule has 1 aromatic rings. The van der Waals surface area contributed by atoms with Gasteiger partial charge in [0.25, 0.3) is 0 Å². The molecule has 0 bridgehead atoms. The number of ether oxygens (including phenoxy) is 1. The van der Waals surface area contributed by atoms with Crippen LogP contribution >= 0.6 is 0 Å². The van der Waals surface area contributed by atoms with E-state index in [4.69, 9.17) is 0 Å². The van der Waals surface area contributed by atoms with Gasteiger partial charge in [-0.1, -0.05) is 12.8 Å². The van der Waals surface area contributed by atoms with E-state index in [1.54, 1.807) is 23.9 Å². The minimum atomic E-state index is -0.864. The number of anilines is 1. The summed E-state index contributed by atoms with van der Waals surface area (Å²) < 4.78 is 6.42. The van der Waals surface area contributed by atoms with Crippen LogP contribution in [0.1, 0.15) is 38.6 Å². The molecule has 2 rings (SSSR count). The normalized spacial score (nSPS) is 15.6. The molecule has 0 unspecified atom stereocenters. The summed E-state index contributed by atoms with van der Waals surface area (Å²) in [6.45, 7) is 1.85. The summed E-state index contributed by atoms with van der Waals surface area (Å²) in [6.07, 6.45) is 6.10. The molecule has 6 heteroatoms. The van der Waals surface area contributed by atoms with E-state index in [0.717, 1.165) is 12.8 Å². The molecule has 1 aliphatic carbocycles. The molecule has 6 nitrogen and oxygen atoms in total. The van der Waals surface area contributed by atoms with Crippen molar-refractivity contribution in [2.75, 3.05) is 11.9 Å². The minimum absolute atomic E-state index is 0.189. The molecule has 0 aliphatic heterocycles. The van der Waals surface area contributed by atoms with Crippen molar-refractivity contribution in [3.63, 3.8) is 0 Å². The van der Waals surface area contributed by atoms with E-state index in [1.165, 1.54) is 12.8 Å². The monoisotopic (exact) mass is 251 g/mol. The lowest BCUT2D eigenvalue weighted by molar-refractivity contribution is -0.152. The Labute approximate surface area is 105 Å². The lowest BCUT2D eigenvalue weighted by Gasteiger charge is -2.14. The van der Waals surface area contributed by atoms with E-state index in [9.17, 15) is 9.59 Å². The first-order chi connectivity index (χ1) is 8.72. The number of amides is 1. The van der Waals surface area contributed by atoms with Crippen molar-refractivity contribution in [2.24, 2.45) is 0 Å². The molecule has 98 valence electrons. The summed E-state index contributed by atoms with van der Waals surface area (Å²) in [7, 11) is 0. The van der Waals surface area contributed by atoms with E-state index in [0.29, 0.717) is 11.9 Å². The summed E-state index contributed by atoms with van der Waals surface area (Å²) in [5.41, 5.74) is 0. The molecular weight excluding hydrogens is 234 g/mol. The van der Waals surface area contributed by atoms with Crippen molar-refractivity contribution >= 4 is 17.7 Å². The van der Waals surface area contributed by atoms with Gasteiger partial charge in [-0.05, 0) is 19.8 Å². The Hall–Kier alpha value is -1.85. The van der Waals surface area contributed by atoms with Gasteiger partial charge in [-0.3, -0.25) is 4.79 Å². The second-order valence-corrected chi connectivity index (χ2v) is 4.27. The maximum absolute atomic E-state index is 11.5. The van der Waals surface area contributed by atoms with Crippen molar-refractivity contribution in [2.45, 2.75) is 38.6 Å². The SMILES string of the molecule is CCOC(=O)C(=O)Nc1ccnn1C1CCCC1. The predicted molar refractivity (Wildman–Crippen MR) is 65.0 cm³/mol. The topological polar surface area (TPSA) is 73.2 Å². The highest BCUT2D eigenvalue weighted by atomic mass is 16.5. The Bertz CT molecular complexity index is 436. The van der Waals surface area contributed by atoms with Crippen LogP contribution in [-0.4, -0.2) is 28.3 Å². The molecule has 0 aromatic carbocycles. The zero-order valence-electron chi connectivity index (χ0n) is 10.4. The summed E-state index contributed by atoms with van der Waals surface area (Å²) >= 11 is 0. The first-order valence-corrected chi connectivity index (χ1v) is 6.24. The molecule has 0 spiro atoms. The van der Waals surface area contributed by atoms with Gasteiger partial charge >= 0.3 is 11.9 Å². The number of nitrogens with one attached hydrogen (secondary N) is 1. The van der Waals surface area contributed by atoms with Gasteiger partial charge in [0.05, 0.1) is 18.8 Å². The largest absolute Gasteiger partial charge is 0.459 e. The number of hydrogen-bond donors (Lipinski definition) is 1. The van der Waals surface area contributed by atoms with Gasteiger partial charge in [-0.15, -0.1) is 0 Å². The van der Waals surface area contributed by atoms with Crippen molar-refractivity contribution in [1.29, 1.82) is 0 Å². The lowest BCUT2D eigenvalue weighted by Crippen LogP contribution is -2.26. The Kier molecular flexibility index (Phi) is 3.96. The van der Waals surface area contributed by atoms with Gasteiger partial charge in [-0.2, -0.15) is 5.10 Å². The van der Waals surface area contributed by atoms with Crippen LogP contribution in [0, 0.1) is 0 Å². The third-order valence-electron chi connectivity index (χ3n) is 3.04. The smallest absolute Gasteiger partial charge is 0.397 e. The van der Waals surface area contributed by atoms with E-state index in [2.05, 4.69) is 15.2 Å². The van der Waals surface area contributed by atoms with Crippen molar-refractivity contribution in [3.8, 4) is 0 Å². The molecule has 18 heavy (non-hydrogen) atoms. The molecular formula is C12H17N3O3. The van der Waals surface area contributed by atoms with Crippen LogP contribution in [0.15, 0.2) is 12.3 Å². The zero-order chi connectivity index (χ0) is 13.0. The molecule has 1 N–H and O–H groups in total. The summed E-state index contributed by atoms with van der Waals surface area (Å²) in [5.74, 6) is -1.06. The van der Waals surface area contributed by atoms with Crippen LogP contribution in [0.4, 0.5) is 5.82 Å². The van der Waals surface area contributed by atoms with Gasteiger partial charge in [0.2, 0.25) is 0 Å². The van der Waals surface area contributed by atoms with Gasteiger partial charge in [0.1, 0.15) is 5.82 Å². The summed E-state index contributed by atoms with van der Waals surface area (Å²) in [6, 6.07) is 2.01. The molecule has 1 amide bonds. The molecule has 0 saturated heterocycles. The maximum atomic E-state index is 11.5. The van der Waals surface area contributed by atoms with E-state index >= 15 is 0 Å². The predicted octanol–water partition coefficient (Wildman–Crippen LogP) is 1.50. The molecule has 1 aromatic heterocycles. The fraction of sp³-hybridized carbons (Fsp3) is 0.583. The highest BCUT2D eigenvalue weighted by Crippen LogP contribution is 2.31. The average molecular weight is 251 g/mol. The number of carbonyl (C=O) groups is 2. The van der Waals surface area contributed by atoms with Gasteiger partial charge in [0, 0.05) is 6.07 Å². The van der Waals surface area contributed by atoms with Crippen LogP contribution in [-0.2, 0) is 14.3 Å². The molecule has 0 atom stereocenters. The van der Waals surface area contributed by atoms with Crippen LogP contribution in [0.5, 0.6) is 0 Å². The van der Waals surface area contributed by atoms with Crippen LogP contribution < -0.4 is 5.32 Å². The van der Waals surface area contributed by atoms with Gasteiger partial charge in [0.15, 0.2) is 0 Å². The van der Waals surface area contributed by atoms with Crippen LogP contribution in [0.3, 0.4) is 0 Å². The second kappa shape index (κ2) is 5.66. The lowest BCUT2D eigenvalue weighted by atomic mass is 10.2. The maximum Gasteiger partial charge on any atom is 0.397 e. The third kappa shape index (κ3) is 2.69. The van der Waals surface area contributed by atoms with Gasteiger partial charge in [-0.25, -0.2) is 9.48 Å². The Morgan fingerprint density at radius 2 is 2.22 bits per heavy atom. The first kappa shape index (κ1) is 12.6. The standard InChI is InChI=1S/C12H17N3O3/c1-2-18-12(17)11(16)14-10-7-8-13-15(10)9-5-3-4-6-9/h7-9H,2-6H2,1H3,(H,14,16). The first-order valence-electron chi connectivity index (χ1n) is 6.24. The highest BCUT2D eigenvalue weighted by molar-refractivity contribution is 6.37. The Morgan fingerprint density at radius 1 is 1.50 bits per heavy atom. The Morgan fingerprint density at radius 3 is 2.89 bits per heavy atom. The second-order valence-electron chi connectivity index (χ2n) is 4.27. The highest BCUT2D eigenvalue weighted by Gasteiger charge is 2.22. The molecule has 1 aliphatic rings. The fourth-order valence-electron chi connectivity index (χ4n) is 2.22. The number of nitrogens with zero attached hydrogens (tertiary/aromatic N) is 2. The third-order valence-corrected chi connectivity index (χ3v) is 3.04. The van der Waals surface area contributed by atoms with E-state index in [-0.39, 0.29) is 6.61 Å². The van der Waals surface area contributed by atoms with Crippen molar-refractivity contribution < 1.29 is 14.3 Å². The average Bonchev–Trinajstić information content (AvgIpc) is 2.98. The van der Waals surface area contributed by atoms with E-state index < -0.39 is 11.9 Å². The fourth-order valence-corrected chi connectivity index (χ4v) is 2.22. The molecule has 0 radical (unpaired) electrons. The number of rotatable bonds is 3. The number of aromatic nitrogens is 2. The minimum Gasteiger partial charge on any atom is -0.459 e.